The first-order chi connectivity index (χ1) is 13.5. The van der Waals surface area contributed by atoms with Crippen molar-refractivity contribution < 1.29 is 4.79 Å². The van der Waals surface area contributed by atoms with Gasteiger partial charge in [-0.15, -0.1) is 0 Å². The molecule has 1 N–H and O–H groups in total. The number of hydrogen-bond donors (Lipinski definition) is 1. The zero-order valence-corrected chi connectivity index (χ0v) is 16.1. The van der Waals surface area contributed by atoms with Gasteiger partial charge in [0, 0.05) is 18.2 Å². The first-order valence-electron chi connectivity index (χ1n) is 9.11. The van der Waals surface area contributed by atoms with Crippen molar-refractivity contribution in [1.82, 2.24) is 25.1 Å². The Labute approximate surface area is 163 Å². The number of H-pyrrole nitrogens is 1. The van der Waals surface area contributed by atoms with E-state index in [1.54, 1.807) is 24.1 Å². The molecule has 1 amide bonds. The Bertz CT molecular complexity index is 1150. The van der Waals surface area contributed by atoms with Crippen LogP contribution in [0.5, 0.6) is 0 Å². The van der Waals surface area contributed by atoms with Crippen LogP contribution in [0.2, 0.25) is 0 Å². The van der Waals surface area contributed by atoms with Crippen LogP contribution in [-0.4, -0.2) is 38.0 Å². The molecule has 6 heteroatoms. The van der Waals surface area contributed by atoms with E-state index in [1.807, 2.05) is 56.3 Å². The summed E-state index contributed by atoms with van der Waals surface area (Å²) < 4.78 is 0. The fourth-order valence-corrected chi connectivity index (χ4v) is 3.11. The van der Waals surface area contributed by atoms with Crippen LogP contribution in [0.4, 0.5) is 0 Å². The molecule has 0 aliphatic carbocycles. The minimum absolute atomic E-state index is 0.0715. The van der Waals surface area contributed by atoms with Crippen molar-refractivity contribution in [3.8, 4) is 11.3 Å². The maximum absolute atomic E-state index is 12.9. The van der Waals surface area contributed by atoms with E-state index in [4.69, 9.17) is 0 Å². The molecule has 0 saturated heterocycles. The van der Waals surface area contributed by atoms with Gasteiger partial charge in [-0.2, -0.15) is 5.10 Å². The van der Waals surface area contributed by atoms with Crippen molar-refractivity contribution in [2.24, 2.45) is 0 Å². The number of fused-ring (bicyclic) bond motifs is 1. The third-order valence-electron chi connectivity index (χ3n) is 4.78. The Kier molecular flexibility index (Phi) is 4.61. The molecule has 0 saturated carbocycles. The van der Waals surface area contributed by atoms with Gasteiger partial charge in [-0.1, -0.05) is 30.3 Å². The average Bonchev–Trinajstić information content (AvgIpc) is 3.17. The zero-order valence-electron chi connectivity index (χ0n) is 16.1. The van der Waals surface area contributed by atoms with Crippen LogP contribution >= 0.6 is 0 Å². The van der Waals surface area contributed by atoms with Crippen LogP contribution in [0.25, 0.3) is 22.3 Å². The van der Waals surface area contributed by atoms with Gasteiger partial charge in [0.2, 0.25) is 0 Å². The second kappa shape index (κ2) is 7.23. The van der Waals surface area contributed by atoms with Crippen molar-refractivity contribution in [3.05, 3.63) is 77.2 Å². The number of aryl methyl sites for hydroxylation is 2. The summed E-state index contributed by atoms with van der Waals surface area (Å²) in [5.41, 5.74) is 6.67. The molecule has 28 heavy (non-hydrogen) atoms. The maximum atomic E-state index is 12.9. The second-order valence-corrected chi connectivity index (χ2v) is 6.90. The van der Waals surface area contributed by atoms with Gasteiger partial charge in [-0.3, -0.25) is 9.89 Å². The van der Waals surface area contributed by atoms with E-state index in [-0.39, 0.29) is 5.91 Å². The number of rotatable bonds is 4. The molecule has 6 nitrogen and oxygen atoms in total. The normalized spacial score (nSPS) is 11.0. The Balaban J connectivity index is 1.53. The summed E-state index contributed by atoms with van der Waals surface area (Å²) in [6.45, 7) is 4.29. The maximum Gasteiger partial charge on any atom is 0.254 e. The van der Waals surface area contributed by atoms with Crippen molar-refractivity contribution in [2.45, 2.75) is 20.4 Å². The van der Waals surface area contributed by atoms with E-state index >= 15 is 0 Å². The molecule has 0 bridgehead atoms. The summed E-state index contributed by atoms with van der Waals surface area (Å²) in [5, 5.41) is 7.37. The van der Waals surface area contributed by atoms with Gasteiger partial charge in [0.1, 0.15) is 0 Å². The van der Waals surface area contributed by atoms with Crippen molar-refractivity contribution >= 4 is 16.9 Å². The minimum atomic E-state index is -0.0715. The monoisotopic (exact) mass is 371 g/mol. The molecule has 2 aromatic carbocycles. The number of nitrogens with zero attached hydrogens (tertiary/aromatic N) is 4. The number of aromatic amines is 1. The van der Waals surface area contributed by atoms with E-state index in [0.717, 1.165) is 39.4 Å². The quantitative estimate of drug-likeness (QED) is 0.590. The highest BCUT2D eigenvalue weighted by molar-refractivity contribution is 5.97. The van der Waals surface area contributed by atoms with Gasteiger partial charge in [-0.25, -0.2) is 9.97 Å². The molecule has 0 spiro atoms. The summed E-state index contributed by atoms with van der Waals surface area (Å²) in [4.78, 5) is 23.6. The van der Waals surface area contributed by atoms with Crippen LogP contribution in [0.1, 0.15) is 27.4 Å². The SMILES string of the molecule is Cc1nc2ccc(C(=O)N(C)Cc3cc(-c4ccccc4)n[nH]3)cc2nc1C. The average molecular weight is 371 g/mol. The molecular weight excluding hydrogens is 350 g/mol. The summed E-state index contributed by atoms with van der Waals surface area (Å²) >= 11 is 0. The molecular formula is C22H21N5O. The lowest BCUT2D eigenvalue weighted by molar-refractivity contribution is 0.0783. The molecule has 0 aliphatic heterocycles. The van der Waals surface area contributed by atoms with Gasteiger partial charge >= 0.3 is 0 Å². The van der Waals surface area contributed by atoms with E-state index < -0.39 is 0 Å². The number of amides is 1. The van der Waals surface area contributed by atoms with Gasteiger partial charge in [0.05, 0.1) is 40.4 Å². The highest BCUT2D eigenvalue weighted by Gasteiger charge is 2.15. The summed E-state index contributed by atoms with van der Waals surface area (Å²) in [7, 11) is 1.78. The molecule has 140 valence electrons. The summed E-state index contributed by atoms with van der Waals surface area (Å²) in [6, 6.07) is 17.4. The molecule has 4 aromatic rings. The van der Waals surface area contributed by atoms with E-state index in [2.05, 4.69) is 20.2 Å². The molecule has 0 unspecified atom stereocenters. The Morgan fingerprint density at radius 2 is 1.68 bits per heavy atom. The van der Waals surface area contributed by atoms with Gasteiger partial charge < -0.3 is 4.90 Å². The fraction of sp³-hybridized carbons (Fsp3) is 0.182. The van der Waals surface area contributed by atoms with Gasteiger partial charge in [0.25, 0.3) is 5.91 Å². The zero-order chi connectivity index (χ0) is 19.7. The number of carbonyl (C=O) groups excluding carboxylic acids is 1. The van der Waals surface area contributed by atoms with Crippen molar-refractivity contribution in [2.75, 3.05) is 7.05 Å². The number of benzene rings is 2. The Morgan fingerprint density at radius 3 is 2.43 bits per heavy atom. The largest absolute Gasteiger partial charge is 0.336 e. The molecule has 0 aliphatic rings. The van der Waals surface area contributed by atoms with Crippen LogP contribution in [0.15, 0.2) is 54.6 Å². The lowest BCUT2D eigenvalue weighted by Gasteiger charge is -2.16. The third kappa shape index (κ3) is 3.49. The molecule has 2 heterocycles. The van der Waals surface area contributed by atoms with E-state index in [1.165, 1.54) is 0 Å². The molecule has 0 fully saturated rings. The predicted molar refractivity (Wildman–Crippen MR) is 109 cm³/mol. The van der Waals surface area contributed by atoms with Crippen molar-refractivity contribution in [3.63, 3.8) is 0 Å². The smallest absolute Gasteiger partial charge is 0.254 e. The van der Waals surface area contributed by atoms with Crippen LogP contribution in [0, 0.1) is 13.8 Å². The first-order valence-corrected chi connectivity index (χ1v) is 9.11. The fourth-order valence-electron chi connectivity index (χ4n) is 3.11. The number of aromatic nitrogens is 4. The van der Waals surface area contributed by atoms with Crippen LogP contribution < -0.4 is 0 Å². The molecule has 4 rings (SSSR count). The lowest BCUT2D eigenvalue weighted by atomic mass is 10.1. The third-order valence-corrected chi connectivity index (χ3v) is 4.78. The van der Waals surface area contributed by atoms with Crippen molar-refractivity contribution in [1.29, 1.82) is 0 Å². The Morgan fingerprint density at radius 1 is 0.964 bits per heavy atom. The second-order valence-electron chi connectivity index (χ2n) is 6.90. The van der Waals surface area contributed by atoms with Gasteiger partial charge in [-0.05, 0) is 38.1 Å². The molecule has 2 aromatic heterocycles. The Hall–Kier alpha value is -3.54. The topological polar surface area (TPSA) is 74.8 Å². The minimum Gasteiger partial charge on any atom is -0.336 e. The number of carbonyl (C=O) groups is 1. The summed E-state index contributed by atoms with van der Waals surface area (Å²) in [5.74, 6) is -0.0715. The lowest BCUT2D eigenvalue weighted by Crippen LogP contribution is -2.26. The highest BCUT2D eigenvalue weighted by atomic mass is 16.2. The standard InChI is InChI=1S/C22H21N5O/c1-14-15(2)24-21-11-17(9-10-19(21)23-14)22(28)27(3)13-18-12-20(26-25-18)16-7-5-4-6-8-16/h4-12H,13H2,1-3H3,(H,25,26). The molecule has 0 radical (unpaired) electrons. The predicted octanol–water partition coefficient (Wildman–Crippen LogP) is 3.91. The van der Waals surface area contributed by atoms with E-state index in [9.17, 15) is 4.79 Å². The van der Waals surface area contributed by atoms with Gasteiger partial charge in [0.15, 0.2) is 0 Å². The van der Waals surface area contributed by atoms with E-state index in [0.29, 0.717) is 12.1 Å². The molecule has 0 atom stereocenters. The number of hydrogen-bond acceptors (Lipinski definition) is 4. The first kappa shape index (κ1) is 17.9. The number of nitrogens with one attached hydrogen (secondary N) is 1. The highest BCUT2D eigenvalue weighted by Crippen LogP contribution is 2.19. The van der Waals surface area contributed by atoms with Crippen LogP contribution in [0.3, 0.4) is 0 Å². The van der Waals surface area contributed by atoms with Crippen LogP contribution in [-0.2, 0) is 6.54 Å². The summed E-state index contributed by atoms with van der Waals surface area (Å²) in [6.07, 6.45) is 0.